The number of likely N-dealkylation sites (tertiary alicyclic amines) is 1. The number of nitrogens with two attached hydrogens (primary N) is 1. The number of allylic oxidation sites excluding steroid dienone is 2. The summed E-state index contributed by atoms with van der Waals surface area (Å²) in [6.45, 7) is 19.8. The Labute approximate surface area is 278 Å². The van der Waals surface area contributed by atoms with Crippen molar-refractivity contribution >= 4 is 17.3 Å². The monoisotopic (exact) mass is 630 g/mol. The summed E-state index contributed by atoms with van der Waals surface area (Å²) in [6, 6.07) is 12.0. The fourth-order valence-corrected chi connectivity index (χ4v) is 5.32. The van der Waals surface area contributed by atoms with E-state index in [9.17, 15) is 4.79 Å². The average molecular weight is 631 g/mol. The lowest BCUT2D eigenvalue weighted by atomic mass is 9.97. The number of carbonyl (C=O) groups is 1. The average Bonchev–Trinajstić information content (AvgIpc) is 3.48. The Bertz CT molecular complexity index is 1330. The molecule has 2 aromatic rings. The van der Waals surface area contributed by atoms with Crippen LogP contribution in [-0.4, -0.2) is 54.3 Å². The predicted molar refractivity (Wildman–Crippen MR) is 192 cm³/mol. The van der Waals surface area contributed by atoms with Crippen LogP contribution >= 0.6 is 0 Å². The minimum atomic E-state index is -0.210. The molecule has 0 saturated carbocycles. The number of benzene rings is 1. The third kappa shape index (κ3) is 11.7. The van der Waals surface area contributed by atoms with Crippen molar-refractivity contribution < 1.29 is 9.53 Å². The molecule has 2 unspecified atom stereocenters. The van der Waals surface area contributed by atoms with Gasteiger partial charge in [-0.1, -0.05) is 57.9 Å². The minimum absolute atomic E-state index is 0.0299. The van der Waals surface area contributed by atoms with Gasteiger partial charge in [-0.25, -0.2) is 0 Å². The Hall–Kier alpha value is -3.46. The quantitative estimate of drug-likeness (QED) is 0.173. The van der Waals surface area contributed by atoms with Crippen LogP contribution in [0.5, 0.6) is 0 Å². The molecule has 46 heavy (non-hydrogen) atoms. The van der Waals surface area contributed by atoms with Crippen LogP contribution in [0.2, 0.25) is 0 Å². The first-order chi connectivity index (χ1) is 22.1. The summed E-state index contributed by atoms with van der Waals surface area (Å²) in [7, 11) is 0. The zero-order chi connectivity index (χ0) is 33.5. The van der Waals surface area contributed by atoms with Crippen molar-refractivity contribution in [2.75, 3.05) is 31.6 Å². The Balaban J connectivity index is 0.000000738. The number of piperidine rings is 1. The molecule has 252 valence electrons. The van der Waals surface area contributed by atoms with Gasteiger partial charge < -0.3 is 26.4 Å². The van der Waals surface area contributed by atoms with Gasteiger partial charge in [0.15, 0.2) is 0 Å². The number of carbonyl (C=O) groups excluding carboxylic acids is 1. The van der Waals surface area contributed by atoms with E-state index in [0.29, 0.717) is 11.6 Å². The highest BCUT2D eigenvalue weighted by Gasteiger charge is 2.24. The molecule has 4 rings (SSSR count). The van der Waals surface area contributed by atoms with Gasteiger partial charge in [-0.05, 0) is 112 Å². The van der Waals surface area contributed by atoms with Crippen LogP contribution in [0.4, 0.5) is 5.69 Å². The fraction of sp³-hybridized carbons (Fsp3) is 0.526. The second kappa shape index (κ2) is 19.3. The molecular formula is C38H58N6O2. The topological polar surface area (TPSA) is 105 Å². The zero-order valence-electron chi connectivity index (χ0n) is 29.3. The summed E-state index contributed by atoms with van der Waals surface area (Å²) in [4.78, 5) is 19.6. The van der Waals surface area contributed by atoms with E-state index in [1.165, 1.54) is 16.7 Å². The lowest BCUT2D eigenvalue weighted by Crippen LogP contribution is -2.42. The first kappa shape index (κ1) is 37.0. The van der Waals surface area contributed by atoms with Crippen LogP contribution in [0.15, 0.2) is 71.6 Å². The van der Waals surface area contributed by atoms with Crippen molar-refractivity contribution in [1.29, 1.82) is 0 Å². The van der Waals surface area contributed by atoms with Crippen molar-refractivity contribution in [3.05, 3.63) is 88.4 Å². The van der Waals surface area contributed by atoms with Crippen LogP contribution in [0.3, 0.4) is 0 Å². The third-order valence-corrected chi connectivity index (χ3v) is 8.44. The Morgan fingerprint density at radius 1 is 1.13 bits per heavy atom. The number of hydrogen-bond acceptors (Lipinski definition) is 7. The maximum Gasteiger partial charge on any atom is 0.274 e. The van der Waals surface area contributed by atoms with Gasteiger partial charge in [-0.15, -0.1) is 0 Å². The molecule has 8 heteroatoms. The molecule has 0 bridgehead atoms. The van der Waals surface area contributed by atoms with E-state index < -0.39 is 0 Å². The van der Waals surface area contributed by atoms with Crippen LogP contribution in [0, 0.1) is 5.92 Å². The normalized spacial score (nSPS) is 19.6. The van der Waals surface area contributed by atoms with Gasteiger partial charge in [-0.2, -0.15) is 0 Å². The van der Waals surface area contributed by atoms with E-state index in [1.54, 1.807) is 6.20 Å². The zero-order valence-corrected chi connectivity index (χ0v) is 29.3. The number of anilines is 1. The summed E-state index contributed by atoms with van der Waals surface area (Å²) < 4.78 is 5.13. The first-order valence-electron chi connectivity index (χ1n) is 17.2. The van der Waals surface area contributed by atoms with E-state index in [2.05, 4.69) is 86.6 Å². The molecule has 2 atom stereocenters. The Morgan fingerprint density at radius 3 is 2.48 bits per heavy atom. The third-order valence-electron chi connectivity index (χ3n) is 8.44. The van der Waals surface area contributed by atoms with E-state index in [1.807, 2.05) is 36.4 Å². The molecule has 2 aliphatic rings. The molecule has 1 aromatic heterocycles. The van der Waals surface area contributed by atoms with Crippen LogP contribution in [0.25, 0.3) is 5.70 Å². The van der Waals surface area contributed by atoms with Gasteiger partial charge in [0.1, 0.15) is 11.9 Å². The highest BCUT2D eigenvalue weighted by atomic mass is 16.5. The summed E-state index contributed by atoms with van der Waals surface area (Å²) >= 11 is 0. The predicted octanol–water partition coefficient (Wildman–Crippen LogP) is 7.23. The van der Waals surface area contributed by atoms with Crippen LogP contribution in [0.1, 0.15) is 102 Å². The van der Waals surface area contributed by atoms with Gasteiger partial charge >= 0.3 is 0 Å². The molecule has 3 heterocycles. The largest absolute Gasteiger partial charge is 0.381 e. The van der Waals surface area contributed by atoms with Crippen LogP contribution in [-0.2, 0) is 11.3 Å². The van der Waals surface area contributed by atoms with Gasteiger partial charge in [0.25, 0.3) is 5.91 Å². The summed E-state index contributed by atoms with van der Waals surface area (Å²) in [6.07, 6.45) is 11.6. The number of rotatable bonds is 13. The highest BCUT2D eigenvalue weighted by Crippen LogP contribution is 2.28. The molecule has 1 saturated heterocycles. The van der Waals surface area contributed by atoms with E-state index in [0.717, 1.165) is 87.5 Å². The second-order valence-electron chi connectivity index (χ2n) is 12.8. The summed E-state index contributed by atoms with van der Waals surface area (Å²) in [5.74, 6) is 0.248. The lowest BCUT2D eigenvalue weighted by molar-refractivity contribution is 0.102. The van der Waals surface area contributed by atoms with Crippen molar-refractivity contribution in [3.8, 4) is 0 Å². The number of hydrogen-bond donors (Lipinski definition) is 4. The van der Waals surface area contributed by atoms with Crippen molar-refractivity contribution in [2.45, 2.75) is 99.3 Å². The standard InChI is InChI=1S/C32H44N6O.C6H14O/c1-6-22(4)18-35-31-28(23(5)21(2)3)17-29(37-31)25-9-11-27(12-10-25)36-32(39)30-16-24(13-14-34-30)19-38-15-7-8-26(33)20-38;1-3-5-7-6-4-2/h9-14,16-18,21,26,31,35,37H,6-8,15,19-20,33H2,1-5H3,(H,36,39);3-6H2,1-2H3/b22-18?,28-23+;. The number of nitrogens with one attached hydrogen (secondary N) is 3. The molecule has 1 amide bonds. The molecule has 2 aliphatic heterocycles. The van der Waals surface area contributed by atoms with Crippen LogP contribution < -0.4 is 21.7 Å². The number of ether oxygens (including phenoxy) is 1. The molecule has 0 aliphatic carbocycles. The first-order valence-corrected chi connectivity index (χ1v) is 17.2. The molecule has 1 aromatic carbocycles. The second-order valence-corrected chi connectivity index (χ2v) is 12.8. The maximum absolute atomic E-state index is 13.0. The number of amides is 1. The van der Waals surface area contributed by atoms with Gasteiger partial charge in [-0.3, -0.25) is 14.7 Å². The van der Waals surface area contributed by atoms with Crippen molar-refractivity contribution in [2.24, 2.45) is 11.7 Å². The van der Waals surface area contributed by atoms with E-state index >= 15 is 0 Å². The Kier molecular flexibility index (Phi) is 15.5. The lowest BCUT2D eigenvalue weighted by Gasteiger charge is -2.30. The summed E-state index contributed by atoms with van der Waals surface area (Å²) in [5.41, 5.74) is 14.4. The molecule has 0 radical (unpaired) electrons. The number of nitrogens with zero attached hydrogens (tertiary/aromatic N) is 2. The fourth-order valence-electron chi connectivity index (χ4n) is 5.32. The minimum Gasteiger partial charge on any atom is -0.381 e. The molecule has 0 spiro atoms. The number of aromatic nitrogens is 1. The molecule has 8 nitrogen and oxygen atoms in total. The molecule has 5 N–H and O–H groups in total. The van der Waals surface area contributed by atoms with E-state index in [4.69, 9.17) is 10.5 Å². The SMILES string of the molecule is CCC(C)=CNC1NC(c2ccc(NC(=O)c3cc(CN4CCCC(N)C4)ccn3)cc2)=C/C1=C(/C)C(C)C.CCCOCCC. The van der Waals surface area contributed by atoms with Gasteiger partial charge in [0, 0.05) is 49.9 Å². The Morgan fingerprint density at radius 2 is 1.85 bits per heavy atom. The van der Waals surface area contributed by atoms with E-state index in [-0.39, 0.29) is 18.1 Å². The van der Waals surface area contributed by atoms with Gasteiger partial charge in [0.2, 0.25) is 0 Å². The molecular weight excluding hydrogens is 572 g/mol. The number of pyridine rings is 1. The van der Waals surface area contributed by atoms with Crippen molar-refractivity contribution in [1.82, 2.24) is 20.5 Å². The summed E-state index contributed by atoms with van der Waals surface area (Å²) in [5, 5.41) is 10.2. The highest BCUT2D eigenvalue weighted by molar-refractivity contribution is 6.03. The maximum atomic E-state index is 13.0. The smallest absolute Gasteiger partial charge is 0.274 e. The molecule has 1 fully saturated rings. The van der Waals surface area contributed by atoms with Crippen molar-refractivity contribution in [3.63, 3.8) is 0 Å². The van der Waals surface area contributed by atoms with Gasteiger partial charge in [0.05, 0.1) is 0 Å².